The third kappa shape index (κ3) is 9.78. The lowest BCUT2D eigenvalue weighted by molar-refractivity contribution is 0.119. The summed E-state index contributed by atoms with van der Waals surface area (Å²) in [6.45, 7) is 8.58. The fourth-order valence-corrected chi connectivity index (χ4v) is 10.1. The van der Waals surface area contributed by atoms with E-state index in [1.807, 2.05) is 24.3 Å². The average Bonchev–Trinajstić information content (AvgIpc) is 3.03. The Hall–Kier alpha value is -3.46. The zero-order valence-electron chi connectivity index (χ0n) is 26.2. The summed E-state index contributed by atoms with van der Waals surface area (Å²) in [6.07, 6.45) is 5.44. The Morgan fingerprint density at radius 2 is 1.21 bits per heavy atom. The zero-order valence-corrected chi connectivity index (χ0v) is 27.2. The number of hydrogen-bond donors (Lipinski definition) is 2. The highest BCUT2D eigenvalue weighted by atomic mass is 28.4. The average molecular weight is 605 g/mol. The number of methoxy groups -OCH3 is 1. The molecular formula is C35H48N2O5Si. The first-order valence-electron chi connectivity index (χ1n) is 15.2. The Bertz CT molecular complexity index is 1220. The number of nitrogens with zero attached hydrogens (tertiary/aromatic N) is 2. The van der Waals surface area contributed by atoms with Crippen LogP contribution < -0.4 is 15.1 Å². The van der Waals surface area contributed by atoms with Gasteiger partial charge in [-0.2, -0.15) is 0 Å². The molecule has 3 aromatic rings. The molecule has 0 aliphatic heterocycles. The fraction of sp³-hybridized carbons (Fsp3) is 0.429. The first kappa shape index (κ1) is 34.0. The van der Waals surface area contributed by atoms with Gasteiger partial charge in [0.15, 0.2) is 0 Å². The minimum Gasteiger partial charge on any atom is -0.497 e. The van der Waals surface area contributed by atoms with E-state index in [2.05, 4.69) is 91.7 Å². The summed E-state index contributed by atoms with van der Waals surface area (Å²) in [5.41, 5.74) is 1.90. The van der Waals surface area contributed by atoms with E-state index in [-0.39, 0.29) is 5.04 Å². The Kier molecular flexibility index (Phi) is 13.9. The topological polar surface area (TPSA) is 92.9 Å². The number of unbranched alkanes of at least 4 members (excludes halogenated alkanes) is 3. The highest BCUT2D eigenvalue weighted by Crippen LogP contribution is 2.36. The minimum atomic E-state index is -2.51. The van der Waals surface area contributed by atoms with Gasteiger partial charge in [-0.25, -0.2) is 0 Å². The van der Waals surface area contributed by atoms with Gasteiger partial charge in [-0.3, -0.25) is 0 Å². The monoisotopic (exact) mass is 604 g/mol. The van der Waals surface area contributed by atoms with E-state index >= 15 is 0 Å². The van der Waals surface area contributed by atoms with Crippen molar-refractivity contribution in [3.05, 3.63) is 90.5 Å². The molecule has 43 heavy (non-hydrogen) atoms. The van der Waals surface area contributed by atoms with Crippen LogP contribution in [-0.4, -0.2) is 50.5 Å². The van der Waals surface area contributed by atoms with Crippen molar-refractivity contribution in [1.82, 2.24) is 0 Å². The summed E-state index contributed by atoms with van der Waals surface area (Å²) < 4.78 is 17.9. The van der Waals surface area contributed by atoms with E-state index in [1.54, 1.807) is 7.11 Å². The van der Waals surface area contributed by atoms with Gasteiger partial charge >= 0.3 is 0 Å². The summed E-state index contributed by atoms with van der Waals surface area (Å²) in [6, 6.07) is 29.2. The smallest absolute Gasteiger partial charge is 0.261 e. The molecule has 3 aromatic carbocycles. The van der Waals surface area contributed by atoms with E-state index in [4.69, 9.17) is 13.9 Å². The molecule has 232 valence electrons. The first-order chi connectivity index (χ1) is 20.9. The quantitative estimate of drug-likeness (QED) is 0.0528. The molecule has 0 amide bonds. The van der Waals surface area contributed by atoms with Gasteiger partial charge in [-0.1, -0.05) is 117 Å². The van der Waals surface area contributed by atoms with Gasteiger partial charge in [0.05, 0.1) is 13.7 Å². The molecule has 0 spiro atoms. The Morgan fingerprint density at radius 3 is 1.72 bits per heavy atom. The standard InChI is InChI=1S/C35H48N2O5Si/c1-35(2,3)43(31-16-9-7-10-17-31,32-18-11-8-12-19-32)42-27-14-6-5-13-20-33(36-38)34(37-39)21-15-26-41-28-29-22-24-30(40-4)25-23-29/h7-12,16-19,22-25,38-39H,5-6,13-15,20-21,26-28H2,1-4H3/b36-33-,37-34+. The van der Waals surface area contributed by atoms with E-state index in [0.717, 1.165) is 37.0 Å². The molecule has 0 unspecified atom stereocenters. The van der Waals surface area contributed by atoms with Gasteiger partial charge in [-0.15, -0.1) is 0 Å². The highest BCUT2D eigenvalue weighted by Gasteiger charge is 2.49. The van der Waals surface area contributed by atoms with E-state index in [0.29, 0.717) is 50.5 Å². The van der Waals surface area contributed by atoms with Crippen molar-refractivity contribution < 1.29 is 24.3 Å². The van der Waals surface area contributed by atoms with Crippen LogP contribution in [-0.2, 0) is 15.8 Å². The van der Waals surface area contributed by atoms with Crippen molar-refractivity contribution in [1.29, 1.82) is 0 Å². The normalized spacial score (nSPS) is 12.8. The number of ether oxygens (including phenoxy) is 2. The van der Waals surface area contributed by atoms with Crippen LogP contribution >= 0.6 is 0 Å². The van der Waals surface area contributed by atoms with Crippen LogP contribution in [0.15, 0.2) is 95.2 Å². The lowest BCUT2D eigenvalue weighted by Crippen LogP contribution is -2.66. The zero-order chi connectivity index (χ0) is 31.0. The van der Waals surface area contributed by atoms with Crippen molar-refractivity contribution in [3.8, 4) is 5.75 Å². The maximum atomic E-state index is 9.58. The molecule has 0 heterocycles. The second kappa shape index (κ2) is 17.6. The van der Waals surface area contributed by atoms with Gasteiger partial charge in [0.2, 0.25) is 0 Å². The summed E-state index contributed by atoms with van der Waals surface area (Å²) in [7, 11) is -0.873. The van der Waals surface area contributed by atoms with Crippen LogP contribution in [0.4, 0.5) is 0 Å². The molecule has 7 nitrogen and oxygen atoms in total. The first-order valence-corrected chi connectivity index (χ1v) is 17.1. The fourth-order valence-electron chi connectivity index (χ4n) is 5.49. The van der Waals surface area contributed by atoms with Gasteiger partial charge in [0, 0.05) is 13.2 Å². The molecule has 0 atom stereocenters. The SMILES string of the molecule is COc1ccc(COCCCC(=N\O)/C(CCCCCCO[Si](c2ccccc2)(c2ccccc2)C(C)(C)C)=N\O)cc1. The number of benzene rings is 3. The molecule has 0 fully saturated rings. The van der Waals surface area contributed by atoms with Crippen LogP contribution in [0.5, 0.6) is 5.75 Å². The number of oxime groups is 2. The molecule has 8 heteroatoms. The van der Waals surface area contributed by atoms with Crippen molar-refractivity contribution in [2.24, 2.45) is 10.3 Å². The molecule has 0 aromatic heterocycles. The summed E-state index contributed by atoms with van der Waals surface area (Å²) in [4.78, 5) is 0. The number of hydrogen-bond acceptors (Lipinski definition) is 7. The minimum absolute atomic E-state index is 0.0387. The van der Waals surface area contributed by atoms with Crippen LogP contribution in [0.3, 0.4) is 0 Å². The number of rotatable bonds is 18. The summed E-state index contributed by atoms with van der Waals surface area (Å²) in [5, 5.41) is 28.5. The second-order valence-corrected chi connectivity index (χ2v) is 16.1. The molecule has 0 aliphatic rings. The van der Waals surface area contributed by atoms with Crippen molar-refractivity contribution >= 4 is 30.1 Å². The van der Waals surface area contributed by atoms with Gasteiger partial charge in [0.25, 0.3) is 8.32 Å². The Morgan fingerprint density at radius 1 is 0.674 bits per heavy atom. The van der Waals surface area contributed by atoms with Crippen molar-refractivity contribution in [2.75, 3.05) is 20.3 Å². The van der Waals surface area contributed by atoms with Crippen LogP contribution in [0.1, 0.15) is 71.3 Å². The van der Waals surface area contributed by atoms with Gasteiger partial charge < -0.3 is 24.3 Å². The second-order valence-electron chi connectivity index (χ2n) is 11.8. The molecule has 2 N–H and O–H groups in total. The lowest BCUT2D eigenvalue weighted by atomic mass is 10.0. The Balaban J connectivity index is 1.42. The molecule has 3 rings (SSSR count). The summed E-state index contributed by atoms with van der Waals surface area (Å²) in [5.74, 6) is 0.812. The largest absolute Gasteiger partial charge is 0.497 e. The Labute approximate surface area is 258 Å². The van der Waals surface area contributed by atoms with Crippen molar-refractivity contribution in [3.63, 3.8) is 0 Å². The molecule has 0 saturated carbocycles. The highest BCUT2D eigenvalue weighted by molar-refractivity contribution is 6.99. The van der Waals surface area contributed by atoms with Gasteiger partial charge in [-0.05, 0) is 65.2 Å². The van der Waals surface area contributed by atoms with E-state index in [1.165, 1.54) is 10.4 Å². The maximum absolute atomic E-state index is 9.58. The molecule has 0 aliphatic carbocycles. The maximum Gasteiger partial charge on any atom is 0.261 e. The van der Waals surface area contributed by atoms with E-state index < -0.39 is 8.32 Å². The molecular weight excluding hydrogens is 556 g/mol. The predicted octanol–water partition coefficient (Wildman–Crippen LogP) is 7.18. The van der Waals surface area contributed by atoms with Crippen LogP contribution in [0, 0.1) is 0 Å². The third-order valence-electron chi connectivity index (χ3n) is 7.75. The molecule has 0 saturated heterocycles. The lowest BCUT2D eigenvalue weighted by Gasteiger charge is -2.43. The van der Waals surface area contributed by atoms with Gasteiger partial charge in [0.1, 0.15) is 17.2 Å². The summed E-state index contributed by atoms with van der Waals surface area (Å²) >= 11 is 0. The molecule has 0 bridgehead atoms. The van der Waals surface area contributed by atoms with Crippen LogP contribution in [0.25, 0.3) is 0 Å². The van der Waals surface area contributed by atoms with E-state index in [9.17, 15) is 10.4 Å². The third-order valence-corrected chi connectivity index (χ3v) is 12.8. The molecule has 0 radical (unpaired) electrons. The predicted molar refractivity (Wildman–Crippen MR) is 177 cm³/mol. The van der Waals surface area contributed by atoms with Crippen molar-refractivity contribution in [2.45, 2.75) is 77.4 Å². The van der Waals surface area contributed by atoms with Crippen LogP contribution in [0.2, 0.25) is 5.04 Å².